The molecule has 0 radical (unpaired) electrons. The molecule has 2 amide bonds. The van der Waals surface area contributed by atoms with Crippen LogP contribution in [0.5, 0.6) is 0 Å². The molecule has 4 aromatic heterocycles. The van der Waals surface area contributed by atoms with Gasteiger partial charge in [-0.05, 0) is 96.4 Å². The van der Waals surface area contributed by atoms with E-state index in [-0.39, 0.29) is 29.5 Å². The highest BCUT2D eigenvalue weighted by atomic mass is 19.1. The number of halogens is 1. The number of aromatic nitrogens is 4. The Bertz CT molecular complexity index is 1760. The van der Waals surface area contributed by atoms with Crippen LogP contribution >= 0.6 is 0 Å². The second-order valence-corrected chi connectivity index (χ2v) is 13.5. The molecule has 3 fully saturated rings. The minimum atomic E-state index is -0.977. The Balaban J connectivity index is 1.26. The maximum absolute atomic E-state index is 15.8. The van der Waals surface area contributed by atoms with Crippen LogP contribution in [0.1, 0.15) is 68.1 Å². The van der Waals surface area contributed by atoms with Gasteiger partial charge in [-0.2, -0.15) is 5.10 Å². The third-order valence-corrected chi connectivity index (χ3v) is 9.46. The van der Waals surface area contributed by atoms with Gasteiger partial charge in [0.2, 0.25) is 0 Å². The number of rotatable bonds is 5. The summed E-state index contributed by atoms with van der Waals surface area (Å²) in [5.41, 5.74) is 4.11. The molecule has 0 spiro atoms. The molecule has 9 nitrogen and oxygen atoms in total. The molecule has 1 saturated heterocycles. The van der Waals surface area contributed by atoms with Gasteiger partial charge in [-0.25, -0.2) is 18.7 Å². The lowest BCUT2D eigenvalue weighted by Gasteiger charge is -2.40. The van der Waals surface area contributed by atoms with Gasteiger partial charge in [-0.15, -0.1) is 0 Å². The molecule has 2 aliphatic carbocycles. The van der Waals surface area contributed by atoms with Crippen molar-refractivity contribution in [2.45, 2.75) is 84.5 Å². The number of carboxylic acid groups (broad SMARTS) is 1. The average Bonchev–Trinajstić information content (AvgIpc) is 3.25. The van der Waals surface area contributed by atoms with Gasteiger partial charge in [-0.3, -0.25) is 9.69 Å². The Hall–Kier alpha value is -3.95. The lowest BCUT2D eigenvalue weighted by molar-refractivity contribution is 0.0503. The van der Waals surface area contributed by atoms with Gasteiger partial charge < -0.3 is 14.6 Å². The van der Waals surface area contributed by atoms with E-state index in [1.54, 1.807) is 11.1 Å². The summed E-state index contributed by atoms with van der Waals surface area (Å²) in [5.74, 6) is -0.120. The first kappa shape index (κ1) is 26.9. The number of carbonyl (C=O) groups excluding carboxylic acids is 1. The summed E-state index contributed by atoms with van der Waals surface area (Å²) in [7, 11) is 0. The van der Waals surface area contributed by atoms with E-state index in [1.807, 2.05) is 40.7 Å². The van der Waals surface area contributed by atoms with Crippen molar-refractivity contribution in [3.05, 3.63) is 53.1 Å². The van der Waals surface area contributed by atoms with Crippen LogP contribution in [0.15, 0.2) is 30.5 Å². The van der Waals surface area contributed by atoms with Crippen LogP contribution in [0.3, 0.4) is 0 Å². The van der Waals surface area contributed by atoms with E-state index in [9.17, 15) is 14.7 Å². The first-order valence-corrected chi connectivity index (χ1v) is 14.9. The number of nitrogens with zero attached hydrogens (tertiary/aromatic N) is 6. The lowest BCUT2D eigenvalue weighted by Crippen LogP contribution is -2.55. The predicted octanol–water partition coefficient (Wildman–Crippen LogP) is 5.90. The number of hydrogen-bond donors (Lipinski definition) is 1. The number of likely N-dealkylation sites (tertiary alicyclic amines) is 1. The Morgan fingerprint density at radius 2 is 1.88 bits per heavy atom. The highest BCUT2D eigenvalue weighted by Crippen LogP contribution is 2.44. The summed E-state index contributed by atoms with van der Waals surface area (Å²) in [5, 5.41) is 15.9. The maximum atomic E-state index is 15.8. The average molecular weight is 573 g/mol. The topological polar surface area (TPSA) is 96.0 Å². The van der Waals surface area contributed by atoms with Crippen molar-refractivity contribution in [3.63, 3.8) is 0 Å². The van der Waals surface area contributed by atoms with Crippen LogP contribution in [0.4, 0.5) is 9.18 Å². The van der Waals surface area contributed by atoms with Gasteiger partial charge in [0.15, 0.2) is 0 Å². The van der Waals surface area contributed by atoms with E-state index in [0.717, 1.165) is 41.8 Å². The van der Waals surface area contributed by atoms with Crippen molar-refractivity contribution in [1.29, 1.82) is 0 Å². The highest BCUT2D eigenvalue weighted by molar-refractivity contribution is 5.95. The Labute approximate surface area is 243 Å². The molecule has 3 atom stereocenters. The SMILES string of the molecule is Cc1ccc2cc(-c3nn4cc(C(=O)N5CC6CCC5[C@@H]6N(C(=O)O)C(C)(C)C)cc(F)c4c3C)n(CC3CC3)c2n1. The zero-order valence-electron chi connectivity index (χ0n) is 24.8. The molecule has 4 aromatic rings. The van der Waals surface area contributed by atoms with Gasteiger partial charge in [0.1, 0.15) is 22.7 Å². The Kier molecular flexibility index (Phi) is 5.94. The van der Waals surface area contributed by atoms with Gasteiger partial charge in [0, 0.05) is 41.5 Å². The molecule has 5 heterocycles. The van der Waals surface area contributed by atoms with E-state index < -0.39 is 17.4 Å². The molecule has 3 aliphatic rings. The largest absolute Gasteiger partial charge is 0.465 e. The number of amides is 2. The Morgan fingerprint density at radius 3 is 2.57 bits per heavy atom. The molecule has 2 bridgehead atoms. The van der Waals surface area contributed by atoms with Crippen LogP contribution < -0.4 is 0 Å². The summed E-state index contributed by atoms with van der Waals surface area (Å²) >= 11 is 0. The first-order chi connectivity index (χ1) is 19.9. The van der Waals surface area contributed by atoms with E-state index in [4.69, 9.17) is 10.1 Å². The van der Waals surface area contributed by atoms with Crippen LogP contribution in [0, 0.1) is 31.5 Å². The minimum absolute atomic E-state index is 0.0621. The minimum Gasteiger partial charge on any atom is -0.465 e. The fourth-order valence-electron chi connectivity index (χ4n) is 7.41. The first-order valence-electron chi connectivity index (χ1n) is 14.9. The second kappa shape index (κ2) is 9.28. The molecule has 1 aliphatic heterocycles. The van der Waals surface area contributed by atoms with Gasteiger partial charge in [-0.1, -0.05) is 0 Å². The molecule has 2 unspecified atom stereocenters. The summed E-state index contributed by atoms with van der Waals surface area (Å²) in [6, 6.07) is 6.93. The van der Waals surface area contributed by atoms with Crippen molar-refractivity contribution in [2.75, 3.05) is 6.54 Å². The lowest BCUT2D eigenvalue weighted by atomic mass is 9.98. The predicted molar refractivity (Wildman–Crippen MR) is 157 cm³/mol. The van der Waals surface area contributed by atoms with E-state index >= 15 is 4.39 Å². The molecule has 10 heteroatoms. The normalized spacial score (nSPS) is 22.0. The molecule has 7 rings (SSSR count). The number of piperidine rings is 1. The molecule has 1 N–H and O–H groups in total. The second-order valence-electron chi connectivity index (χ2n) is 13.5. The summed E-state index contributed by atoms with van der Waals surface area (Å²) in [6.45, 7) is 10.8. The van der Waals surface area contributed by atoms with Crippen molar-refractivity contribution >= 4 is 28.6 Å². The van der Waals surface area contributed by atoms with E-state index in [2.05, 4.69) is 16.7 Å². The van der Waals surface area contributed by atoms with Gasteiger partial charge >= 0.3 is 6.09 Å². The standard InChI is InChI=1S/C32H37FN6O3/c1-17-6-9-20-13-25(36(29(20)34-17)14-19-7-8-19)26-18(2)27-23(33)12-22(16-38(27)35-26)30(40)37-15-21-10-11-24(37)28(21)39(31(41)42)32(3,4)5/h6,9,12-13,16,19,21,24,28H,7-8,10-11,14-15H2,1-5H3,(H,41,42)/t21?,24?,28-/m1/s1. The zero-order chi connectivity index (χ0) is 29.7. The third-order valence-electron chi connectivity index (χ3n) is 9.46. The monoisotopic (exact) mass is 572 g/mol. The van der Waals surface area contributed by atoms with Crippen LogP contribution in [0.2, 0.25) is 0 Å². The zero-order valence-corrected chi connectivity index (χ0v) is 24.8. The van der Waals surface area contributed by atoms with Crippen molar-refractivity contribution in [2.24, 2.45) is 11.8 Å². The summed E-state index contributed by atoms with van der Waals surface area (Å²) < 4.78 is 19.5. The van der Waals surface area contributed by atoms with Gasteiger partial charge in [0.25, 0.3) is 5.91 Å². The number of pyridine rings is 2. The smallest absolute Gasteiger partial charge is 0.408 e. The van der Waals surface area contributed by atoms with Gasteiger partial charge in [0.05, 0.1) is 23.3 Å². The van der Waals surface area contributed by atoms with Crippen molar-refractivity contribution in [3.8, 4) is 11.4 Å². The third kappa shape index (κ3) is 4.17. The van der Waals surface area contributed by atoms with Crippen LogP contribution in [-0.2, 0) is 6.54 Å². The number of hydrogen-bond acceptors (Lipinski definition) is 4. The number of carbonyl (C=O) groups is 2. The van der Waals surface area contributed by atoms with Crippen LogP contribution in [0.25, 0.3) is 27.9 Å². The number of aryl methyl sites for hydroxylation is 2. The molecule has 220 valence electrons. The molecule has 0 aromatic carbocycles. The quantitative estimate of drug-likeness (QED) is 0.321. The van der Waals surface area contributed by atoms with E-state index in [0.29, 0.717) is 29.2 Å². The molecule has 2 saturated carbocycles. The van der Waals surface area contributed by atoms with E-state index in [1.165, 1.54) is 28.3 Å². The molecular formula is C32H37FN6O3. The fourth-order valence-corrected chi connectivity index (χ4v) is 7.41. The fraction of sp³-hybridized carbons (Fsp3) is 0.500. The van der Waals surface area contributed by atoms with Crippen molar-refractivity contribution in [1.82, 2.24) is 29.0 Å². The van der Waals surface area contributed by atoms with Crippen LogP contribution in [-0.4, -0.2) is 70.2 Å². The maximum Gasteiger partial charge on any atom is 0.408 e. The summed E-state index contributed by atoms with van der Waals surface area (Å²) in [6.07, 6.45) is 4.62. The molecular weight excluding hydrogens is 535 g/mol. The highest BCUT2D eigenvalue weighted by Gasteiger charge is 2.54. The number of fused-ring (bicyclic) bond motifs is 4. The molecule has 42 heavy (non-hydrogen) atoms. The summed E-state index contributed by atoms with van der Waals surface area (Å²) in [4.78, 5) is 34.2. The van der Waals surface area contributed by atoms with Crippen molar-refractivity contribution < 1.29 is 19.1 Å². The Morgan fingerprint density at radius 1 is 1.12 bits per heavy atom.